The average molecular weight is 525 g/mol. The molecule has 1 aliphatic heterocycles. The van der Waals surface area contributed by atoms with Crippen LogP contribution in [0.15, 0.2) is 30.5 Å². The van der Waals surface area contributed by atoms with Crippen molar-refractivity contribution in [2.24, 2.45) is 5.92 Å². The fourth-order valence-electron chi connectivity index (χ4n) is 4.89. The van der Waals surface area contributed by atoms with Crippen LogP contribution in [0.2, 0.25) is 5.02 Å². The van der Waals surface area contributed by atoms with Crippen molar-refractivity contribution < 1.29 is 4.79 Å². The summed E-state index contributed by atoms with van der Waals surface area (Å²) >= 11 is 6.27. The van der Waals surface area contributed by atoms with Gasteiger partial charge in [-0.05, 0) is 37.0 Å². The molecule has 37 heavy (non-hydrogen) atoms. The smallest absolute Gasteiger partial charge is 0.222 e. The lowest BCUT2D eigenvalue weighted by Gasteiger charge is -2.35. The molecule has 0 radical (unpaired) electrons. The lowest BCUT2D eigenvalue weighted by Crippen LogP contribution is -2.49. The van der Waals surface area contributed by atoms with E-state index in [2.05, 4.69) is 30.8 Å². The first-order chi connectivity index (χ1) is 18.0. The second-order valence-corrected chi connectivity index (χ2v) is 11.0. The molecule has 3 heterocycles. The maximum atomic E-state index is 12.8. The minimum Gasteiger partial charge on any atom is -0.352 e. The van der Waals surface area contributed by atoms with Gasteiger partial charge in [-0.25, -0.2) is 14.6 Å². The van der Waals surface area contributed by atoms with Gasteiger partial charge in [0.1, 0.15) is 11.6 Å². The molecule has 2 aromatic heterocycles. The number of fused-ring (bicyclic) bond motifs is 1. The van der Waals surface area contributed by atoms with Gasteiger partial charge in [-0.15, -0.1) is 0 Å². The van der Waals surface area contributed by atoms with Crippen molar-refractivity contribution in [1.29, 1.82) is 0 Å². The monoisotopic (exact) mass is 524 g/mol. The van der Waals surface area contributed by atoms with Crippen LogP contribution in [-0.2, 0) is 11.2 Å². The third-order valence-electron chi connectivity index (χ3n) is 7.13. The molecule has 1 amide bonds. The number of unbranched alkanes of at least 4 members (excludes halogenated alkanes) is 5. The molecule has 0 spiro atoms. The Hall–Kier alpha value is -2.67. The Kier molecular flexibility index (Phi) is 9.78. The zero-order chi connectivity index (χ0) is 26.2. The SMILES string of the molecule is CCCCCCCCC(=O)N1CCN(c2nc(CCC(C)C)nc3c2cnn3-c2cccc(Cl)c2)CC1. The Morgan fingerprint density at radius 1 is 1.03 bits per heavy atom. The number of aromatic nitrogens is 4. The largest absolute Gasteiger partial charge is 0.352 e. The highest BCUT2D eigenvalue weighted by molar-refractivity contribution is 6.30. The molecular formula is C29H41ClN6O. The Balaban J connectivity index is 1.48. The quantitative estimate of drug-likeness (QED) is 0.254. The molecule has 0 aliphatic carbocycles. The molecule has 1 saturated heterocycles. The number of carbonyl (C=O) groups excluding carboxylic acids is 1. The van der Waals surface area contributed by atoms with Gasteiger partial charge in [0.25, 0.3) is 0 Å². The van der Waals surface area contributed by atoms with Gasteiger partial charge >= 0.3 is 0 Å². The first kappa shape index (κ1) is 27.4. The van der Waals surface area contributed by atoms with Crippen molar-refractivity contribution in [3.05, 3.63) is 41.3 Å². The topological polar surface area (TPSA) is 67.2 Å². The minimum absolute atomic E-state index is 0.286. The molecule has 0 N–H and O–H groups in total. The number of hydrogen-bond acceptors (Lipinski definition) is 5. The van der Waals surface area contributed by atoms with Crippen LogP contribution in [-0.4, -0.2) is 56.7 Å². The van der Waals surface area contributed by atoms with Crippen LogP contribution < -0.4 is 4.90 Å². The fraction of sp³-hybridized carbons (Fsp3) is 0.586. The van der Waals surface area contributed by atoms with Crippen molar-refractivity contribution in [3.63, 3.8) is 0 Å². The number of piperazine rings is 1. The van der Waals surface area contributed by atoms with E-state index in [-0.39, 0.29) is 5.91 Å². The number of halogens is 1. The summed E-state index contributed by atoms with van der Waals surface area (Å²) in [5, 5.41) is 6.26. The standard InChI is InChI=1S/C29H41ClN6O/c1-4-5-6-7-8-9-13-27(37)34-16-18-35(19-17-34)28-25-21-31-36(24-12-10-11-23(30)20-24)29(25)33-26(32-28)15-14-22(2)3/h10-12,20-22H,4-9,13-19H2,1-3H3. The lowest BCUT2D eigenvalue weighted by atomic mass is 10.1. The van der Waals surface area contributed by atoms with E-state index in [9.17, 15) is 4.79 Å². The maximum absolute atomic E-state index is 12.8. The summed E-state index contributed by atoms with van der Waals surface area (Å²) in [6, 6.07) is 7.67. The van der Waals surface area contributed by atoms with E-state index in [0.717, 1.165) is 80.2 Å². The number of benzene rings is 1. The molecule has 0 unspecified atom stereocenters. The third kappa shape index (κ3) is 7.22. The van der Waals surface area contributed by atoms with Crippen LogP contribution in [0.1, 0.15) is 78.0 Å². The van der Waals surface area contributed by atoms with Gasteiger partial charge in [0, 0.05) is 44.0 Å². The summed E-state index contributed by atoms with van der Waals surface area (Å²) < 4.78 is 1.85. The van der Waals surface area contributed by atoms with E-state index in [4.69, 9.17) is 21.6 Å². The van der Waals surface area contributed by atoms with E-state index in [1.807, 2.05) is 40.0 Å². The molecule has 1 fully saturated rings. The lowest BCUT2D eigenvalue weighted by molar-refractivity contribution is -0.131. The van der Waals surface area contributed by atoms with Crippen LogP contribution in [0.25, 0.3) is 16.7 Å². The molecule has 0 saturated carbocycles. The van der Waals surface area contributed by atoms with Gasteiger partial charge in [-0.2, -0.15) is 5.10 Å². The number of carbonyl (C=O) groups is 1. The zero-order valence-electron chi connectivity index (χ0n) is 22.6. The molecule has 4 rings (SSSR count). The van der Waals surface area contributed by atoms with Gasteiger partial charge in [0.05, 0.1) is 17.3 Å². The Morgan fingerprint density at radius 3 is 2.51 bits per heavy atom. The summed E-state index contributed by atoms with van der Waals surface area (Å²) in [5.41, 5.74) is 1.68. The molecule has 3 aromatic rings. The number of nitrogens with zero attached hydrogens (tertiary/aromatic N) is 6. The number of aryl methyl sites for hydroxylation is 1. The number of anilines is 1. The van der Waals surface area contributed by atoms with E-state index in [1.54, 1.807) is 0 Å². The summed E-state index contributed by atoms with van der Waals surface area (Å²) in [7, 11) is 0. The van der Waals surface area contributed by atoms with Gasteiger partial charge in [0.2, 0.25) is 5.91 Å². The minimum atomic E-state index is 0.286. The van der Waals surface area contributed by atoms with Crippen molar-refractivity contribution in [1.82, 2.24) is 24.6 Å². The molecule has 0 atom stereocenters. The summed E-state index contributed by atoms with van der Waals surface area (Å²) in [6.07, 6.45) is 11.6. The van der Waals surface area contributed by atoms with Crippen LogP contribution in [0.3, 0.4) is 0 Å². The highest BCUT2D eigenvalue weighted by atomic mass is 35.5. The molecule has 0 bridgehead atoms. The van der Waals surface area contributed by atoms with Gasteiger partial charge in [-0.1, -0.05) is 70.5 Å². The van der Waals surface area contributed by atoms with Crippen LogP contribution >= 0.6 is 11.6 Å². The fourth-order valence-corrected chi connectivity index (χ4v) is 5.07. The Bertz CT molecular complexity index is 1170. The molecule has 1 aliphatic rings. The normalized spacial score (nSPS) is 14.2. The number of hydrogen-bond donors (Lipinski definition) is 0. The summed E-state index contributed by atoms with van der Waals surface area (Å²) in [4.78, 5) is 27.0. The van der Waals surface area contributed by atoms with Crippen LogP contribution in [0, 0.1) is 5.92 Å². The van der Waals surface area contributed by atoms with Crippen molar-refractivity contribution >= 4 is 34.4 Å². The summed E-state index contributed by atoms with van der Waals surface area (Å²) in [5.74, 6) is 2.61. The van der Waals surface area contributed by atoms with Crippen molar-refractivity contribution in [2.45, 2.75) is 78.6 Å². The van der Waals surface area contributed by atoms with E-state index >= 15 is 0 Å². The Labute approximate surface area is 226 Å². The third-order valence-corrected chi connectivity index (χ3v) is 7.36. The predicted molar refractivity (Wildman–Crippen MR) is 152 cm³/mol. The first-order valence-electron chi connectivity index (χ1n) is 14.0. The highest BCUT2D eigenvalue weighted by Gasteiger charge is 2.25. The second-order valence-electron chi connectivity index (χ2n) is 10.6. The number of amides is 1. The van der Waals surface area contributed by atoms with E-state index in [1.165, 1.54) is 25.7 Å². The highest BCUT2D eigenvalue weighted by Crippen LogP contribution is 2.28. The first-order valence-corrected chi connectivity index (χ1v) is 14.4. The Morgan fingerprint density at radius 2 is 1.78 bits per heavy atom. The molecule has 8 heteroatoms. The maximum Gasteiger partial charge on any atom is 0.222 e. The van der Waals surface area contributed by atoms with Crippen LogP contribution in [0.4, 0.5) is 5.82 Å². The van der Waals surface area contributed by atoms with Crippen LogP contribution in [0.5, 0.6) is 0 Å². The zero-order valence-corrected chi connectivity index (χ0v) is 23.4. The molecule has 7 nitrogen and oxygen atoms in total. The van der Waals surface area contributed by atoms with E-state index in [0.29, 0.717) is 17.4 Å². The van der Waals surface area contributed by atoms with Gasteiger partial charge < -0.3 is 9.80 Å². The van der Waals surface area contributed by atoms with E-state index < -0.39 is 0 Å². The average Bonchev–Trinajstić information content (AvgIpc) is 3.33. The van der Waals surface area contributed by atoms with Gasteiger partial charge in [-0.3, -0.25) is 4.79 Å². The number of rotatable bonds is 12. The van der Waals surface area contributed by atoms with Gasteiger partial charge in [0.15, 0.2) is 5.65 Å². The summed E-state index contributed by atoms with van der Waals surface area (Å²) in [6.45, 7) is 9.65. The molecule has 1 aromatic carbocycles. The second kappa shape index (κ2) is 13.2. The predicted octanol–water partition coefficient (Wildman–Crippen LogP) is 6.46. The molecular weight excluding hydrogens is 484 g/mol. The van der Waals surface area contributed by atoms with Crippen molar-refractivity contribution in [2.75, 3.05) is 31.1 Å². The molecule has 200 valence electrons. The van der Waals surface area contributed by atoms with Crippen molar-refractivity contribution in [3.8, 4) is 5.69 Å².